The van der Waals surface area contributed by atoms with Crippen LogP contribution < -0.4 is 5.32 Å². The number of hydrogen-bond donors (Lipinski definition) is 1. The first-order valence-electron chi connectivity index (χ1n) is 8.11. The highest BCUT2D eigenvalue weighted by Gasteiger charge is 2.31. The number of carbonyl (C=O) groups is 2. The van der Waals surface area contributed by atoms with Crippen molar-refractivity contribution in [3.05, 3.63) is 45.6 Å². The first-order chi connectivity index (χ1) is 11.7. The van der Waals surface area contributed by atoms with Crippen molar-refractivity contribution >= 4 is 40.6 Å². The molecule has 2 amide bonds. The number of rotatable bonds is 2. The number of thioether (sulfide) groups is 1. The fraction of sp³-hybridized carbons (Fsp3) is 0.333. The molecule has 2 aliphatic rings. The Kier molecular flexibility index (Phi) is 4.10. The van der Waals surface area contributed by atoms with Gasteiger partial charge in [0.15, 0.2) is 0 Å². The molecule has 2 aliphatic heterocycles. The molecule has 1 aromatic heterocycles. The van der Waals surface area contributed by atoms with Gasteiger partial charge in [0.05, 0.1) is 17.5 Å². The van der Waals surface area contributed by atoms with Crippen LogP contribution >= 0.6 is 23.1 Å². The predicted octanol–water partition coefficient (Wildman–Crippen LogP) is 3.94. The number of fused-ring (bicyclic) bond motifs is 2. The minimum Gasteiger partial charge on any atom is -0.331 e. The van der Waals surface area contributed by atoms with Crippen LogP contribution in [0.4, 0.5) is 5.69 Å². The van der Waals surface area contributed by atoms with E-state index >= 15 is 0 Å². The zero-order chi connectivity index (χ0) is 16.7. The molecule has 0 saturated heterocycles. The van der Waals surface area contributed by atoms with Gasteiger partial charge in [0.1, 0.15) is 0 Å². The van der Waals surface area contributed by atoms with Crippen molar-refractivity contribution < 1.29 is 9.59 Å². The predicted molar refractivity (Wildman–Crippen MR) is 97.9 cm³/mol. The zero-order valence-corrected chi connectivity index (χ0v) is 15.0. The SMILES string of the molecule is CCC1c2ccsc2CCN1C(=O)c1ccc2c(c1)NC(=O)CS2. The van der Waals surface area contributed by atoms with E-state index in [4.69, 9.17) is 0 Å². The lowest BCUT2D eigenvalue weighted by molar-refractivity contribution is -0.113. The molecule has 2 aromatic rings. The average molecular weight is 358 g/mol. The minimum atomic E-state index is -0.00980. The van der Waals surface area contributed by atoms with Crippen molar-refractivity contribution in [2.24, 2.45) is 0 Å². The van der Waals surface area contributed by atoms with E-state index in [2.05, 4.69) is 23.7 Å². The van der Waals surface area contributed by atoms with Gasteiger partial charge in [0, 0.05) is 21.9 Å². The fourth-order valence-corrected chi connectivity index (χ4v) is 5.18. The summed E-state index contributed by atoms with van der Waals surface area (Å²) < 4.78 is 0. The molecule has 4 nitrogen and oxygen atoms in total. The van der Waals surface area contributed by atoms with Gasteiger partial charge < -0.3 is 10.2 Å². The van der Waals surface area contributed by atoms with Gasteiger partial charge in [-0.3, -0.25) is 9.59 Å². The summed E-state index contributed by atoms with van der Waals surface area (Å²) in [7, 11) is 0. The van der Waals surface area contributed by atoms with E-state index in [0.717, 1.165) is 30.0 Å². The van der Waals surface area contributed by atoms with E-state index in [1.54, 1.807) is 11.3 Å². The molecule has 1 unspecified atom stereocenters. The second-order valence-corrected chi connectivity index (χ2v) is 8.04. The number of benzene rings is 1. The Hall–Kier alpha value is -1.79. The Balaban J connectivity index is 1.64. The largest absolute Gasteiger partial charge is 0.331 e. The molecule has 1 aromatic carbocycles. The van der Waals surface area contributed by atoms with Gasteiger partial charge in [-0.1, -0.05) is 6.92 Å². The van der Waals surface area contributed by atoms with E-state index in [1.807, 2.05) is 23.1 Å². The van der Waals surface area contributed by atoms with Crippen molar-refractivity contribution in [2.75, 3.05) is 17.6 Å². The number of nitrogens with zero attached hydrogens (tertiary/aromatic N) is 1. The van der Waals surface area contributed by atoms with E-state index < -0.39 is 0 Å². The third-order valence-electron chi connectivity index (χ3n) is 4.60. The molecule has 124 valence electrons. The summed E-state index contributed by atoms with van der Waals surface area (Å²) in [6.45, 7) is 2.88. The second kappa shape index (κ2) is 6.26. The Morgan fingerprint density at radius 1 is 1.38 bits per heavy atom. The summed E-state index contributed by atoms with van der Waals surface area (Å²) in [6, 6.07) is 7.93. The molecule has 0 spiro atoms. The van der Waals surface area contributed by atoms with E-state index in [9.17, 15) is 9.59 Å². The van der Waals surface area contributed by atoms with Gasteiger partial charge in [-0.2, -0.15) is 0 Å². The molecule has 0 bridgehead atoms. The van der Waals surface area contributed by atoms with Crippen molar-refractivity contribution in [3.8, 4) is 0 Å². The normalized spacial score (nSPS) is 19.5. The highest BCUT2D eigenvalue weighted by atomic mass is 32.2. The summed E-state index contributed by atoms with van der Waals surface area (Å²) in [4.78, 5) is 29.1. The van der Waals surface area contributed by atoms with Crippen molar-refractivity contribution in [1.82, 2.24) is 4.90 Å². The van der Waals surface area contributed by atoms with Crippen LogP contribution in [-0.2, 0) is 11.2 Å². The van der Waals surface area contributed by atoms with Gasteiger partial charge >= 0.3 is 0 Å². The monoisotopic (exact) mass is 358 g/mol. The molecule has 3 heterocycles. The Morgan fingerprint density at radius 2 is 2.25 bits per heavy atom. The van der Waals surface area contributed by atoms with Crippen molar-refractivity contribution in [3.63, 3.8) is 0 Å². The fourth-order valence-electron chi connectivity index (χ4n) is 3.46. The highest BCUT2D eigenvalue weighted by Crippen LogP contribution is 2.37. The lowest BCUT2D eigenvalue weighted by Crippen LogP contribution is -2.39. The van der Waals surface area contributed by atoms with Gasteiger partial charge in [0.2, 0.25) is 5.91 Å². The van der Waals surface area contributed by atoms with Crippen LogP contribution in [0.25, 0.3) is 0 Å². The molecule has 4 rings (SSSR count). The summed E-state index contributed by atoms with van der Waals surface area (Å²) in [6.07, 6.45) is 1.83. The molecule has 1 N–H and O–H groups in total. The number of thiophene rings is 1. The molecule has 24 heavy (non-hydrogen) atoms. The maximum Gasteiger partial charge on any atom is 0.254 e. The molecular formula is C18H18N2O2S2. The third-order valence-corrected chi connectivity index (χ3v) is 6.67. The standard InChI is InChI=1S/C18H18N2O2S2/c1-2-14-12-6-8-23-15(12)5-7-20(14)18(22)11-3-4-16-13(9-11)19-17(21)10-24-16/h3-4,6,8-9,14H,2,5,7,10H2,1H3,(H,19,21). The van der Waals surface area contributed by atoms with Crippen molar-refractivity contribution in [2.45, 2.75) is 30.7 Å². The summed E-state index contributed by atoms with van der Waals surface area (Å²) >= 11 is 3.30. The Bertz CT molecular complexity index is 815. The van der Waals surface area contributed by atoms with E-state index in [1.165, 1.54) is 22.2 Å². The van der Waals surface area contributed by atoms with Gasteiger partial charge in [0.25, 0.3) is 5.91 Å². The summed E-state index contributed by atoms with van der Waals surface area (Å²) in [5.41, 5.74) is 2.70. The molecule has 6 heteroatoms. The lowest BCUT2D eigenvalue weighted by atomic mass is 9.97. The maximum absolute atomic E-state index is 13.1. The minimum absolute atomic E-state index is 0.00980. The van der Waals surface area contributed by atoms with E-state index in [-0.39, 0.29) is 17.9 Å². The van der Waals surface area contributed by atoms with Gasteiger partial charge in [-0.05, 0) is 48.1 Å². The van der Waals surface area contributed by atoms with Crippen LogP contribution in [0.5, 0.6) is 0 Å². The Labute approximate surface area is 149 Å². The first-order valence-corrected chi connectivity index (χ1v) is 9.98. The topological polar surface area (TPSA) is 49.4 Å². The smallest absolute Gasteiger partial charge is 0.254 e. The van der Waals surface area contributed by atoms with Gasteiger partial charge in [-0.25, -0.2) is 0 Å². The highest BCUT2D eigenvalue weighted by molar-refractivity contribution is 8.00. The van der Waals surface area contributed by atoms with Gasteiger partial charge in [-0.15, -0.1) is 23.1 Å². The first kappa shape index (κ1) is 15.7. The van der Waals surface area contributed by atoms with Crippen LogP contribution in [0.3, 0.4) is 0 Å². The number of amides is 2. The molecule has 1 atom stereocenters. The van der Waals surface area contributed by atoms with Crippen LogP contribution in [0.2, 0.25) is 0 Å². The van der Waals surface area contributed by atoms with Crippen LogP contribution in [0.15, 0.2) is 34.5 Å². The van der Waals surface area contributed by atoms with Crippen molar-refractivity contribution in [1.29, 1.82) is 0 Å². The third kappa shape index (κ3) is 2.63. The average Bonchev–Trinajstić information content (AvgIpc) is 3.08. The number of nitrogens with one attached hydrogen (secondary N) is 1. The summed E-state index contributed by atoms with van der Waals surface area (Å²) in [5.74, 6) is 0.473. The summed E-state index contributed by atoms with van der Waals surface area (Å²) in [5, 5.41) is 4.98. The van der Waals surface area contributed by atoms with Crippen LogP contribution in [0.1, 0.15) is 40.2 Å². The Morgan fingerprint density at radius 3 is 3.08 bits per heavy atom. The lowest BCUT2D eigenvalue weighted by Gasteiger charge is -2.35. The molecule has 0 fully saturated rings. The molecule has 0 aliphatic carbocycles. The molecule has 0 radical (unpaired) electrons. The number of hydrogen-bond acceptors (Lipinski definition) is 4. The second-order valence-electron chi connectivity index (χ2n) is 6.02. The van der Waals surface area contributed by atoms with E-state index in [0.29, 0.717) is 11.3 Å². The van der Waals surface area contributed by atoms with Crippen LogP contribution in [-0.4, -0.2) is 29.0 Å². The number of carbonyl (C=O) groups excluding carboxylic acids is 2. The zero-order valence-electron chi connectivity index (χ0n) is 13.4. The molecule has 0 saturated carbocycles. The quantitative estimate of drug-likeness (QED) is 0.884. The van der Waals surface area contributed by atoms with Crippen LogP contribution in [0, 0.1) is 0 Å². The molecular weight excluding hydrogens is 340 g/mol. The maximum atomic E-state index is 13.1. The number of anilines is 1.